The third kappa shape index (κ3) is 5.39. The molecular formula is C21H23BrFN5O4Si. The van der Waals surface area contributed by atoms with Gasteiger partial charge in [0.25, 0.3) is 0 Å². The number of pyridine rings is 1. The maximum Gasteiger partial charge on any atom is 0.439 e. The SMILES string of the molecule is Cc1ccc(Oc2nc3nc(Br)c(F)cc3n2COCC[Si](C)(C)C)cc1-c1noc(=O)[nH]1. The molecule has 9 nitrogen and oxygen atoms in total. The summed E-state index contributed by atoms with van der Waals surface area (Å²) < 4.78 is 32.5. The molecule has 33 heavy (non-hydrogen) atoms. The zero-order valence-corrected chi connectivity index (χ0v) is 21.2. The molecule has 0 aliphatic rings. The van der Waals surface area contributed by atoms with Gasteiger partial charge in [-0.25, -0.2) is 14.2 Å². The molecule has 0 unspecified atom stereocenters. The van der Waals surface area contributed by atoms with Gasteiger partial charge in [0.15, 0.2) is 17.3 Å². The van der Waals surface area contributed by atoms with Crippen molar-refractivity contribution in [1.82, 2.24) is 24.7 Å². The van der Waals surface area contributed by atoms with Crippen LogP contribution in [0.5, 0.6) is 11.8 Å². The first-order chi connectivity index (χ1) is 15.6. The van der Waals surface area contributed by atoms with Gasteiger partial charge in [0.2, 0.25) is 0 Å². The minimum Gasteiger partial charge on any atom is -0.425 e. The second-order valence-electron chi connectivity index (χ2n) is 8.80. The molecule has 4 aromatic rings. The van der Waals surface area contributed by atoms with E-state index >= 15 is 0 Å². The first-order valence-corrected chi connectivity index (χ1v) is 14.8. The number of aromatic nitrogens is 5. The molecule has 3 aromatic heterocycles. The van der Waals surface area contributed by atoms with Gasteiger partial charge in [0.05, 0.1) is 5.52 Å². The van der Waals surface area contributed by atoms with Crippen LogP contribution in [0.3, 0.4) is 0 Å². The van der Waals surface area contributed by atoms with Gasteiger partial charge in [-0.2, -0.15) is 4.98 Å². The van der Waals surface area contributed by atoms with E-state index in [1.165, 1.54) is 6.07 Å². The average Bonchev–Trinajstić information content (AvgIpc) is 3.30. The van der Waals surface area contributed by atoms with Crippen LogP contribution in [0.4, 0.5) is 4.39 Å². The van der Waals surface area contributed by atoms with E-state index in [1.807, 2.05) is 13.0 Å². The van der Waals surface area contributed by atoms with Crippen molar-refractivity contribution in [2.45, 2.75) is 39.3 Å². The van der Waals surface area contributed by atoms with Gasteiger partial charge in [-0.05, 0) is 46.6 Å². The molecule has 4 rings (SSSR count). The van der Waals surface area contributed by atoms with Crippen LogP contribution in [0, 0.1) is 12.7 Å². The highest BCUT2D eigenvalue weighted by molar-refractivity contribution is 9.10. The van der Waals surface area contributed by atoms with Crippen LogP contribution in [-0.2, 0) is 11.5 Å². The first-order valence-electron chi connectivity index (χ1n) is 10.3. The number of H-pyrrole nitrogens is 1. The van der Waals surface area contributed by atoms with Gasteiger partial charge in [-0.1, -0.05) is 30.9 Å². The number of nitrogens with one attached hydrogen (secondary N) is 1. The lowest BCUT2D eigenvalue weighted by Gasteiger charge is -2.16. The molecule has 0 aliphatic heterocycles. The van der Waals surface area contributed by atoms with E-state index in [0.717, 1.165) is 11.6 Å². The summed E-state index contributed by atoms with van der Waals surface area (Å²) in [5.41, 5.74) is 2.27. The van der Waals surface area contributed by atoms with Crippen LogP contribution in [0.1, 0.15) is 5.56 Å². The van der Waals surface area contributed by atoms with Crippen molar-refractivity contribution < 1.29 is 18.4 Å². The molecule has 0 saturated carbocycles. The number of halogens is 2. The summed E-state index contributed by atoms with van der Waals surface area (Å²) in [5, 5.41) is 3.74. The Morgan fingerprint density at radius 1 is 1.24 bits per heavy atom. The maximum atomic E-state index is 14.2. The normalized spacial score (nSPS) is 11.9. The summed E-state index contributed by atoms with van der Waals surface area (Å²) in [6.45, 7) is 9.39. The van der Waals surface area contributed by atoms with Crippen molar-refractivity contribution in [2.75, 3.05) is 6.61 Å². The van der Waals surface area contributed by atoms with E-state index in [2.05, 4.69) is 60.2 Å². The van der Waals surface area contributed by atoms with Crippen LogP contribution in [-0.4, -0.2) is 39.4 Å². The van der Waals surface area contributed by atoms with E-state index in [-0.39, 0.29) is 17.3 Å². The van der Waals surface area contributed by atoms with Crippen molar-refractivity contribution in [3.63, 3.8) is 0 Å². The highest BCUT2D eigenvalue weighted by Gasteiger charge is 2.19. The number of hydrogen-bond donors (Lipinski definition) is 1. The maximum absolute atomic E-state index is 14.2. The molecule has 174 valence electrons. The molecule has 1 aromatic carbocycles. The standard InChI is InChI=1S/C21H23BrFN5O4Si/c1-12-5-6-13(9-14(12)18-26-21(29)32-27-18)31-20-25-19-16(10-15(23)17(22)24-19)28(20)11-30-7-8-33(2,3)4/h5-6,9-10H,7-8,11H2,1-4H3,(H,26,27,29). The van der Waals surface area contributed by atoms with Crippen LogP contribution in [0.25, 0.3) is 22.6 Å². The summed E-state index contributed by atoms with van der Waals surface area (Å²) in [6.07, 6.45) is 0. The van der Waals surface area contributed by atoms with Gasteiger partial charge in [-0.3, -0.25) is 14.1 Å². The van der Waals surface area contributed by atoms with Crippen molar-refractivity contribution in [3.8, 4) is 23.1 Å². The van der Waals surface area contributed by atoms with Gasteiger partial charge in [0.1, 0.15) is 17.1 Å². The van der Waals surface area contributed by atoms with Gasteiger partial charge in [0, 0.05) is 26.3 Å². The summed E-state index contributed by atoms with van der Waals surface area (Å²) in [4.78, 5) is 22.5. The summed E-state index contributed by atoms with van der Waals surface area (Å²) >= 11 is 3.10. The van der Waals surface area contributed by atoms with Crippen molar-refractivity contribution in [1.29, 1.82) is 0 Å². The molecule has 0 saturated heterocycles. The van der Waals surface area contributed by atoms with E-state index in [9.17, 15) is 9.18 Å². The Labute approximate surface area is 198 Å². The van der Waals surface area contributed by atoms with Crippen LogP contribution >= 0.6 is 15.9 Å². The van der Waals surface area contributed by atoms with E-state index in [0.29, 0.717) is 34.9 Å². The predicted molar refractivity (Wildman–Crippen MR) is 127 cm³/mol. The van der Waals surface area contributed by atoms with Crippen molar-refractivity contribution in [2.24, 2.45) is 0 Å². The number of fused-ring (bicyclic) bond motifs is 1. The Hall–Kier alpha value is -2.83. The molecule has 0 atom stereocenters. The number of benzene rings is 1. The molecule has 0 spiro atoms. The Balaban J connectivity index is 1.67. The second kappa shape index (κ2) is 9.19. The van der Waals surface area contributed by atoms with Crippen LogP contribution in [0.15, 0.2) is 38.2 Å². The van der Waals surface area contributed by atoms with Crippen molar-refractivity contribution in [3.05, 3.63) is 50.8 Å². The largest absolute Gasteiger partial charge is 0.439 e. The van der Waals surface area contributed by atoms with Crippen LogP contribution in [0.2, 0.25) is 25.7 Å². The summed E-state index contributed by atoms with van der Waals surface area (Å²) in [7, 11) is -1.26. The number of hydrogen-bond acceptors (Lipinski definition) is 7. The summed E-state index contributed by atoms with van der Waals surface area (Å²) in [5.74, 6) is -0.423. The van der Waals surface area contributed by atoms with E-state index in [4.69, 9.17) is 9.47 Å². The molecular weight excluding hydrogens is 513 g/mol. The monoisotopic (exact) mass is 535 g/mol. The fourth-order valence-electron chi connectivity index (χ4n) is 3.09. The van der Waals surface area contributed by atoms with E-state index < -0.39 is 19.6 Å². The fourth-order valence-corrected chi connectivity index (χ4v) is 4.13. The van der Waals surface area contributed by atoms with Gasteiger partial charge >= 0.3 is 11.8 Å². The molecule has 0 aliphatic carbocycles. The molecule has 0 bridgehead atoms. The minimum atomic E-state index is -1.26. The number of aromatic amines is 1. The Kier molecular flexibility index (Phi) is 6.50. The molecule has 0 fully saturated rings. The van der Waals surface area contributed by atoms with Crippen LogP contribution < -0.4 is 10.5 Å². The van der Waals surface area contributed by atoms with Gasteiger partial charge in [-0.15, -0.1) is 0 Å². The molecule has 0 amide bonds. The topological polar surface area (TPSA) is 108 Å². The molecule has 0 radical (unpaired) electrons. The smallest absolute Gasteiger partial charge is 0.425 e. The third-order valence-corrected chi connectivity index (χ3v) is 7.21. The molecule has 3 heterocycles. The number of aryl methyl sites for hydroxylation is 1. The lowest BCUT2D eigenvalue weighted by molar-refractivity contribution is 0.0850. The fraction of sp³-hybridized carbons (Fsp3) is 0.333. The zero-order chi connectivity index (χ0) is 23.8. The Morgan fingerprint density at radius 2 is 2.03 bits per heavy atom. The van der Waals surface area contributed by atoms with Gasteiger partial charge < -0.3 is 9.47 Å². The highest BCUT2D eigenvalue weighted by Crippen LogP contribution is 2.31. The molecule has 12 heteroatoms. The average molecular weight is 536 g/mol. The number of ether oxygens (including phenoxy) is 2. The highest BCUT2D eigenvalue weighted by atomic mass is 79.9. The predicted octanol–water partition coefficient (Wildman–Crippen LogP) is 5.09. The van der Waals surface area contributed by atoms with E-state index in [1.54, 1.807) is 16.7 Å². The number of imidazole rings is 1. The summed E-state index contributed by atoms with van der Waals surface area (Å²) in [6, 6.07) is 7.83. The minimum absolute atomic E-state index is 0.0680. The number of nitrogens with zero attached hydrogens (tertiary/aromatic N) is 4. The molecule has 1 N–H and O–H groups in total. The third-order valence-electron chi connectivity index (χ3n) is 4.95. The first kappa shape index (κ1) is 23.3. The lowest BCUT2D eigenvalue weighted by atomic mass is 10.1. The Morgan fingerprint density at radius 3 is 2.73 bits per heavy atom. The zero-order valence-electron chi connectivity index (χ0n) is 18.6. The number of rotatable bonds is 8. The van der Waals surface area contributed by atoms with Crippen molar-refractivity contribution >= 4 is 35.2 Å². The lowest BCUT2D eigenvalue weighted by Crippen LogP contribution is -2.22. The quantitative estimate of drug-likeness (QED) is 0.190. The second-order valence-corrected chi connectivity index (χ2v) is 15.2. The Bertz CT molecular complexity index is 1360.